The zero-order valence-corrected chi connectivity index (χ0v) is 15.7. The number of hydrogen-bond donors (Lipinski definition) is 0. The molecule has 0 radical (unpaired) electrons. The largest absolute Gasteiger partial charge is 0.423 e. The van der Waals surface area contributed by atoms with E-state index in [0.717, 1.165) is 13.2 Å². The van der Waals surface area contributed by atoms with E-state index >= 15 is 0 Å². The van der Waals surface area contributed by atoms with Crippen LogP contribution in [0.2, 0.25) is 0 Å². The van der Waals surface area contributed by atoms with Crippen molar-refractivity contribution in [3.05, 3.63) is 48.0 Å². The van der Waals surface area contributed by atoms with Crippen molar-refractivity contribution in [2.45, 2.75) is 11.8 Å². The molecule has 0 bridgehead atoms. The van der Waals surface area contributed by atoms with E-state index in [1.54, 1.807) is 0 Å². The standard InChI is InChI=1S/C16H13NO8S2/c1-10(18)24-15-11(6-5-7-12(15)17-26(20)21)16(19)25-13-8-3-4-9-14(13)27(2,22)23/h3-9H,1-2H3. The summed E-state index contributed by atoms with van der Waals surface area (Å²) in [5.74, 6) is -2.53. The highest BCUT2D eigenvalue weighted by Gasteiger charge is 2.23. The Morgan fingerprint density at radius 2 is 1.67 bits per heavy atom. The number of nitrogens with zero attached hydrogens (tertiary/aromatic N) is 1. The Hall–Kier alpha value is -3.05. The van der Waals surface area contributed by atoms with Gasteiger partial charge in [-0.2, -0.15) is 8.42 Å². The number of para-hydroxylation sites is 2. The number of benzene rings is 2. The lowest BCUT2D eigenvalue weighted by molar-refractivity contribution is -0.131. The third-order valence-corrected chi connectivity index (χ3v) is 4.57. The van der Waals surface area contributed by atoms with Gasteiger partial charge in [-0.05, 0) is 24.3 Å². The van der Waals surface area contributed by atoms with Crippen molar-refractivity contribution in [1.82, 2.24) is 0 Å². The first-order valence-electron chi connectivity index (χ1n) is 7.23. The van der Waals surface area contributed by atoms with Crippen LogP contribution in [0.3, 0.4) is 0 Å². The second-order valence-corrected chi connectivity index (χ2v) is 7.77. The van der Waals surface area contributed by atoms with Gasteiger partial charge in [0, 0.05) is 13.2 Å². The van der Waals surface area contributed by atoms with Crippen LogP contribution < -0.4 is 9.47 Å². The zero-order chi connectivity index (χ0) is 20.2. The number of carbonyl (C=O) groups excluding carboxylic acids is 2. The molecule has 0 atom stereocenters. The highest BCUT2D eigenvalue weighted by molar-refractivity contribution is 7.90. The number of rotatable bonds is 5. The first kappa shape index (κ1) is 20.3. The van der Waals surface area contributed by atoms with Crippen LogP contribution in [-0.4, -0.2) is 35.0 Å². The van der Waals surface area contributed by atoms with Crippen LogP contribution in [0.4, 0.5) is 5.69 Å². The number of carbonyl (C=O) groups is 2. The molecule has 142 valence electrons. The van der Waals surface area contributed by atoms with E-state index in [4.69, 9.17) is 9.47 Å². The number of esters is 2. The number of sulfone groups is 1. The van der Waals surface area contributed by atoms with Crippen molar-refractivity contribution in [1.29, 1.82) is 0 Å². The second kappa shape index (κ2) is 8.10. The highest BCUT2D eigenvalue weighted by atomic mass is 32.2. The first-order valence-corrected chi connectivity index (χ1v) is 10.2. The minimum Gasteiger partial charge on any atom is -0.423 e. The van der Waals surface area contributed by atoms with Gasteiger partial charge in [-0.1, -0.05) is 18.2 Å². The van der Waals surface area contributed by atoms with Crippen LogP contribution in [0.25, 0.3) is 0 Å². The van der Waals surface area contributed by atoms with Gasteiger partial charge in [-0.15, -0.1) is 4.36 Å². The molecule has 0 fully saturated rings. The van der Waals surface area contributed by atoms with Gasteiger partial charge in [0.2, 0.25) is 0 Å². The summed E-state index contributed by atoms with van der Waals surface area (Å²) in [6, 6.07) is 9.21. The van der Waals surface area contributed by atoms with Crippen molar-refractivity contribution in [2.24, 2.45) is 4.36 Å². The average molecular weight is 411 g/mol. The third kappa shape index (κ3) is 5.21. The first-order chi connectivity index (χ1) is 12.6. The predicted octanol–water partition coefficient (Wildman–Crippen LogP) is 1.93. The van der Waals surface area contributed by atoms with Crippen molar-refractivity contribution in [3.63, 3.8) is 0 Å². The third-order valence-electron chi connectivity index (χ3n) is 3.08. The van der Waals surface area contributed by atoms with Gasteiger partial charge in [0.25, 0.3) is 0 Å². The Labute approximate surface area is 156 Å². The quantitative estimate of drug-likeness (QED) is 0.538. The van der Waals surface area contributed by atoms with E-state index in [0.29, 0.717) is 0 Å². The molecule has 0 amide bonds. The van der Waals surface area contributed by atoms with Crippen LogP contribution in [0.15, 0.2) is 51.7 Å². The van der Waals surface area contributed by atoms with E-state index in [1.807, 2.05) is 0 Å². The molecule has 0 aliphatic carbocycles. The molecule has 2 aromatic rings. The molecule has 0 saturated heterocycles. The van der Waals surface area contributed by atoms with E-state index in [2.05, 4.69) is 4.36 Å². The lowest BCUT2D eigenvalue weighted by Crippen LogP contribution is -2.14. The summed E-state index contributed by atoms with van der Waals surface area (Å²) in [6.45, 7) is 1.05. The van der Waals surface area contributed by atoms with Gasteiger partial charge in [0.15, 0.2) is 15.6 Å². The Morgan fingerprint density at radius 1 is 1.00 bits per heavy atom. The molecule has 2 aromatic carbocycles. The fraction of sp³-hybridized carbons (Fsp3) is 0.125. The van der Waals surface area contributed by atoms with E-state index in [-0.39, 0.29) is 21.9 Å². The van der Waals surface area contributed by atoms with Crippen LogP contribution in [0.5, 0.6) is 11.5 Å². The molecular weight excluding hydrogens is 398 g/mol. The lowest BCUT2D eigenvalue weighted by Gasteiger charge is -2.12. The summed E-state index contributed by atoms with van der Waals surface area (Å²) in [6.07, 6.45) is 0.951. The Kier molecular flexibility index (Phi) is 6.08. The van der Waals surface area contributed by atoms with E-state index in [1.165, 1.54) is 42.5 Å². The van der Waals surface area contributed by atoms with Gasteiger partial charge in [-0.25, -0.2) is 13.2 Å². The monoisotopic (exact) mass is 411 g/mol. The van der Waals surface area contributed by atoms with Crippen molar-refractivity contribution in [2.75, 3.05) is 6.26 Å². The van der Waals surface area contributed by atoms with Gasteiger partial charge >= 0.3 is 22.4 Å². The summed E-state index contributed by atoms with van der Waals surface area (Å²) in [5, 5.41) is 0. The Bertz CT molecular complexity index is 1140. The van der Waals surface area contributed by atoms with E-state index < -0.39 is 38.0 Å². The lowest BCUT2D eigenvalue weighted by atomic mass is 10.1. The molecule has 2 rings (SSSR count). The molecule has 0 unspecified atom stereocenters. The molecular formula is C16H13NO8S2. The van der Waals surface area contributed by atoms with E-state index in [9.17, 15) is 26.4 Å². The maximum Gasteiger partial charge on any atom is 0.347 e. The van der Waals surface area contributed by atoms with Gasteiger partial charge in [-0.3, -0.25) is 4.79 Å². The maximum atomic E-state index is 12.5. The molecule has 0 aromatic heterocycles. The van der Waals surface area contributed by atoms with Gasteiger partial charge < -0.3 is 9.47 Å². The molecule has 0 aliphatic rings. The summed E-state index contributed by atoms with van der Waals surface area (Å²) in [7, 11) is -6.54. The minimum atomic E-state index is -3.68. The van der Waals surface area contributed by atoms with Crippen molar-refractivity contribution in [3.8, 4) is 11.5 Å². The fourth-order valence-corrected chi connectivity index (χ4v) is 3.19. The average Bonchev–Trinajstić information content (AvgIpc) is 2.55. The summed E-state index contributed by atoms with van der Waals surface area (Å²) in [4.78, 5) is 23.6. The van der Waals surface area contributed by atoms with Crippen LogP contribution >= 0.6 is 0 Å². The maximum absolute atomic E-state index is 12.5. The van der Waals surface area contributed by atoms with Gasteiger partial charge in [0.1, 0.15) is 21.9 Å². The van der Waals surface area contributed by atoms with Crippen LogP contribution in [0, 0.1) is 0 Å². The topological polar surface area (TPSA) is 133 Å². The molecule has 0 saturated carbocycles. The molecule has 9 nitrogen and oxygen atoms in total. The second-order valence-electron chi connectivity index (χ2n) is 5.16. The molecule has 0 N–H and O–H groups in total. The fourth-order valence-electron chi connectivity index (χ4n) is 2.08. The van der Waals surface area contributed by atoms with Crippen molar-refractivity contribution < 1.29 is 35.9 Å². The Morgan fingerprint density at radius 3 is 2.26 bits per heavy atom. The van der Waals surface area contributed by atoms with Crippen LogP contribution in [-0.2, 0) is 25.1 Å². The normalized spacial score (nSPS) is 10.7. The summed E-state index contributed by atoms with van der Waals surface area (Å²) >= 11 is 0. The molecule has 0 heterocycles. The predicted molar refractivity (Wildman–Crippen MR) is 93.3 cm³/mol. The summed E-state index contributed by atoms with van der Waals surface area (Å²) in [5.41, 5.74) is -0.593. The zero-order valence-electron chi connectivity index (χ0n) is 14.1. The molecule has 0 aliphatic heterocycles. The SMILES string of the molecule is CC(=O)Oc1c(N=S(=O)=O)cccc1C(=O)Oc1ccccc1S(C)(=O)=O. The Balaban J connectivity index is 2.55. The molecule has 0 spiro atoms. The molecule has 11 heteroatoms. The van der Waals surface area contributed by atoms with Gasteiger partial charge in [0.05, 0.1) is 0 Å². The molecule has 27 heavy (non-hydrogen) atoms. The smallest absolute Gasteiger partial charge is 0.347 e. The summed E-state index contributed by atoms with van der Waals surface area (Å²) < 4.78 is 58.6. The highest BCUT2D eigenvalue weighted by Crippen LogP contribution is 2.33. The van der Waals surface area contributed by atoms with Crippen molar-refractivity contribution >= 4 is 38.0 Å². The van der Waals surface area contributed by atoms with Crippen LogP contribution in [0.1, 0.15) is 17.3 Å². The number of ether oxygens (including phenoxy) is 2. The number of hydrogen-bond acceptors (Lipinski definition) is 9. The minimum absolute atomic E-state index is 0.214.